The average Bonchev–Trinajstić information content (AvgIpc) is 2.98. The van der Waals surface area contributed by atoms with E-state index in [2.05, 4.69) is 5.43 Å². The number of nitrogens with two attached hydrogens (primary N) is 1. The molecule has 0 aliphatic carbocycles. The Morgan fingerprint density at radius 2 is 2.28 bits per heavy atom. The molecule has 3 N–H and O–H groups in total. The SMILES string of the molecule is NNC(c1cc2cc(F)ccc2o1)C1CCOC1. The summed E-state index contributed by atoms with van der Waals surface area (Å²) in [5.74, 6) is 6.35. The first kappa shape index (κ1) is 11.6. The Balaban J connectivity index is 1.96. The predicted molar refractivity (Wildman–Crippen MR) is 65.2 cm³/mol. The smallest absolute Gasteiger partial charge is 0.134 e. The summed E-state index contributed by atoms with van der Waals surface area (Å²) in [4.78, 5) is 0. The molecule has 96 valence electrons. The van der Waals surface area contributed by atoms with Crippen molar-refractivity contribution in [2.75, 3.05) is 13.2 Å². The fraction of sp³-hybridized carbons (Fsp3) is 0.385. The number of fused-ring (bicyclic) bond motifs is 1. The lowest BCUT2D eigenvalue weighted by Crippen LogP contribution is -2.33. The zero-order valence-corrected chi connectivity index (χ0v) is 9.86. The number of nitrogens with one attached hydrogen (secondary N) is 1. The van der Waals surface area contributed by atoms with E-state index in [4.69, 9.17) is 15.0 Å². The number of benzene rings is 1. The lowest BCUT2D eigenvalue weighted by molar-refractivity contribution is 0.173. The summed E-state index contributed by atoms with van der Waals surface area (Å²) in [7, 11) is 0. The van der Waals surface area contributed by atoms with Gasteiger partial charge in [0.1, 0.15) is 17.2 Å². The van der Waals surface area contributed by atoms with Crippen LogP contribution in [0.2, 0.25) is 0 Å². The highest BCUT2D eigenvalue weighted by molar-refractivity contribution is 5.78. The molecule has 0 saturated carbocycles. The molecule has 5 heteroatoms. The second-order valence-corrected chi connectivity index (χ2v) is 4.60. The van der Waals surface area contributed by atoms with Gasteiger partial charge in [-0.3, -0.25) is 5.84 Å². The highest BCUT2D eigenvalue weighted by Crippen LogP contribution is 2.32. The van der Waals surface area contributed by atoms with Crippen molar-refractivity contribution in [1.82, 2.24) is 5.43 Å². The molecule has 0 radical (unpaired) electrons. The first-order valence-corrected chi connectivity index (χ1v) is 6.01. The van der Waals surface area contributed by atoms with E-state index in [1.165, 1.54) is 12.1 Å². The van der Waals surface area contributed by atoms with Gasteiger partial charge in [-0.1, -0.05) is 0 Å². The number of rotatable bonds is 3. The standard InChI is InChI=1S/C13H15FN2O2/c14-10-1-2-11-9(5-10)6-12(18-11)13(16-15)8-3-4-17-7-8/h1-2,5-6,8,13,16H,3-4,7,15H2. The van der Waals surface area contributed by atoms with Crippen LogP contribution in [0.5, 0.6) is 0 Å². The fourth-order valence-electron chi connectivity index (χ4n) is 2.45. The van der Waals surface area contributed by atoms with Gasteiger partial charge in [0.05, 0.1) is 12.6 Å². The van der Waals surface area contributed by atoms with Gasteiger partial charge >= 0.3 is 0 Å². The fourth-order valence-corrected chi connectivity index (χ4v) is 2.45. The maximum atomic E-state index is 13.1. The van der Waals surface area contributed by atoms with Crippen LogP contribution in [0.25, 0.3) is 11.0 Å². The van der Waals surface area contributed by atoms with E-state index in [9.17, 15) is 4.39 Å². The Kier molecular flexibility index (Phi) is 3.03. The number of hydrazine groups is 1. The van der Waals surface area contributed by atoms with Crippen molar-refractivity contribution in [3.63, 3.8) is 0 Å². The van der Waals surface area contributed by atoms with E-state index in [0.717, 1.165) is 24.2 Å². The van der Waals surface area contributed by atoms with Crippen molar-refractivity contribution in [1.29, 1.82) is 0 Å². The molecule has 1 aliphatic heterocycles. The monoisotopic (exact) mass is 250 g/mol. The van der Waals surface area contributed by atoms with Gasteiger partial charge < -0.3 is 9.15 Å². The van der Waals surface area contributed by atoms with Crippen LogP contribution >= 0.6 is 0 Å². The van der Waals surface area contributed by atoms with Crippen molar-refractivity contribution >= 4 is 11.0 Å². The third-order valence-corrected chi connectivity index (χ3v) is 3.42. The predicted octanol–water partition coefficient (Wildman–Crippen LogP) is 2.11. The molecule has 2 unspecified atom stereocenters. The summed E-state index contributed by atoms with van der Waals surface area (Å²) in [6, 6.07) is 6.22. The molecular formula is C13H15FN2O2. The van der Waals surface area contributed by atoms with Crippen LogP contribution in [0, 0.1) is 11.7 Å². The molecule has 2 aromatic rings. The van der Waals surface area contributed by atoms with E-state index >= 15 is 0 Å². The third-order valence-electron chi connectivity index (χ3n) is 3.42. The van der Waals surface area contributed by atoms with Crippen LogP contribution in [0.15, 0.2) is 28.7 Å². The Labute approximate surface area is 104 Å². The summed E-state index contributed by atoms with van der Waals surface area (Å²) >= 11 is 0. The van der Waals surface area contributed by atoms with Gasteiger partial charge in [0.25, 0.3) is 0 Å². The molecule has 3 rings (SSSR count). The second kappa shape index (κ2) is 4.68. The molecule has 2 atom stereocenters. The Morgan fingerprint density at radius 3 is 3.00 bits per heavy atom. The number of halogens is 1. The van der Waals surface area contributed by atoms with E-state index < -0.39 is 0 Å². The summed E-state index contributed by atoms with van der Waals surface area (Å²) in [5, 5.41) is 0.754. The Hall–Kier alpha value is -1.43. The van der Waals surface area contributed by atoms with E-state index in [1.54, 1.807) is 6.07 Å². The van der Waals surface area contributed by atoms with Crippen LogP contribution in [-0.2, 0) is 4.74 Å². The molecule has 1 aromatic carbocycles. The maximum absolute atomic E-state index is 13.1. The molecule has 0 amide bonds. The molecule has 18 heavy (non-hydrogen) atoms. The number of hydrogen-bond acceptors (Lipinski definition) is 4. The molecule has 0 bridgehead atoms. The lowest BCUT2D eigenvalue weighted by Gasteiger charge is -2.18. The highest BCUT2D eigenvalue weighted by atomic mass is 19.1. The van der Waals surface area contributed by atoms with Crippen LogP contribution < -0.4 is 11.3 Å². The van der Waals surface area contributed by atoms with Crippen molar-refractivity contribution in [3.05, 3.63) is 35.8 Å². The van der Waals surface area contributed by atoms with Crippen molar-refractivity contribution in [2.45, 2.75) is 12.5 Å². The van der Waals surface area contributed by atoms with Gasteiger partial charge in [-0.15, -0.1) is 0 Å². The minimum Gasteiger partial charge on any atom is -0.459 e. The van der Waals surface area contributed by atoms with Crippen molar-refractivity contribution in [2.24, 2.45) is 11.8 Å². The summed E-state index contributed by atoms with van der Waals surface area (Å²) in [6.45, 7) is 1.41. The van der Waals surface area contributed by atoms with Gasteiger partial charge in [-0.05, 0) is 30.7 Å². The van der Waals surface area contributed by atoms with E-state index in [0.29, 0.717) is 18.1 Å². The molecule has 2 heterocycles. The van der Waals surface area contributed by atoms with Crippen LogP contribution in [0.1, 0.15) is 18.2 Å². The van der Waals surface area contributed by atoms with E-state index in [1.807, 2.05) is 6.07 Å². The quantitative estimate of drug-likeness (QED) is 0.647. The van der Waals surface area contributed by atoms with Crippen LogP contribution in [-0.4, -0.2) is 13.2 Å². The van der Waals surface area contributed by atoms with Crippen LogP contribution in [0.3, 0.4) is 0 Å². The third kappa shape index (κ3) is 2.01. The Morgan fingerprint density at radius 1 is 1.39 bits per heavy atom. The first-order chi connectivity index (χ1) is 8.78. The van der Waals surface area contributed by atoms with Crippen LogP contribution in [0.4, 0.5) is 4.39 Å². The number of ether oxygens (including phenoxy) is 1. The second-order valence-electron chi connectivity index (χ2n) is 4.60. The summed E-state index contributed by atoms with van der Waals surface area (Å²) < 4.78 is 24.2. The Bertz CT molecular complexity index is 549. The molecule has 1 aliphatic rings. The van der Waals surface area contributed by atoms with Gasteiger partial charge in [0, 0.05) is 17.9 Å². The van der Waals surface area contributed by atoms with E-state index in [-0.39, 0.29) is 11.9 Å². The van der Waals surface area contributed by atoms with Crippen molar-refractivity contribution < 1.29 is 13.5 Å². The minimum absolute atomic E-state index is 0.0945. The van der Waals surface area contributed by atoms with Crippen molar-refractivity contribution in [3.8, 4) is 0 Å². The largest absolute Gasteiger partial charge is 0.459 e. The molecule has 0 spiro atoms. The highest BCUT2D eigenvalue weighted by Gasteiger charge is 2.28. The molecular weight excluding hydrogens is 235 g/mol. The maximum Gasteiger partial charge on any atom is 0.134 e. The van der Waals surface area contributed by atoms with Gasteiger partial charge in [0.15, 0.2) is 0 Å². The topological polar surface area (TPSA) is 60.4 Å². The zero-order chi connectivity index (χ0) is 12.5. The normalized spacial score (nSPS) is 21.6. The zero-order valence-electron chi connectivity index (χ0n) is 9.86. The summed E-state index contributed by atoms with van der Waals surface area (Å²) in [5.41, 5.74) is 3.44. The van der Waals surface area contributed by atoms with Gasteiger partial charge in [-0.25, -0.2) is 9.82 Å². The minimum atomic E-state index is -0.267. The first-order valence-electron chi connectivity index (χ1n) is 6.01. The summed E-state index contributed by atoms with van der Waals surface area (Å²) in [6.07, 6.45) is 0.945. The molecule has 1 saturated heterocycles. The molecule has 4 nitrogen and oxygen atoms in total. The van der Waals surface area contributed by atoms with Gasteiger partial charge in [0.2, 0.25) is 0 Å². The number of hydrogen-bond donors (Lipinski definition) is 2. The average molecular weight is 250 g/mol. The number of furan rings is 1. The molecule has 1 aromatic heterocycles. The lowest BCUT2D eigenvalue weighted by atomic mass is 9.97. The molecule has 1 fully saturated rings. The van der Waals surface area contributed by atoms with Gasteiger partial charge in [-0.2, -0.15) is 0 Å².